The number of anilines is 2. The molecule has 14 nitrogen and oxygen atoms in total. The Labute approximate surface area is 308 Å². The molecular formula is C40H32N12O2. The second kappa shape index (κ2) is 14.4. The predicted octanol–water partition coefficient (Wildman–Crippen LogP) is 6.04. The number of primary amides is 1. The molecular weight excluding hydrogens is 681 g/mol. The lowest BCUT2D eigenvalue weighted by atomic mass is 10.0. The number of fused-ring (bicyclic) bond motifs is 2. The lowest BCUT2D eigenvalue weighted by Gasteiger charge is -2.15. The number of nitrogens with one attached hydrogen (secondary N) is 1. The molecule has 5 N–H and O–H groups in total. The lowest BCUT2D eigenvalue weighted by Crippen LogP contribution is -2.13. The second-order valence-electron chi connectivity index (χ2n) is 12.3. The summed E-state index contributed by atoms with van der Waals surface area (Å²) >= 11 is 0. The molecule has 0 spiro atoms. The van der Waals surface area contributed by atoms with Crippen molar-refractivity contribution < 1.29 is 9.59 Å². The van der Waals surface area contributed by atoms with Crippen LogP contribution in [0.5, 0.6) is 0 Å². The zero-order chi connectivity index (χ0) is 37.9. The van der Waals surface area contributed by atoms with Crippen molar-refractivity contribution in [2.45, 2.75) is 20.8 Å². The lowest BCUT2D eigenvalue weighted by molar-refractivity contribution is -0.114. The van der Waals surface area contributed by atoms with Crippen LogP contribution >= 0.6 is 0 Å². The van der Waals surface area contributed by atoms with Gasteiger partial charge in [-0.25, -0.2) is 9.97 Å². The van der Waals surface area contributed by atoms with Gasteiger partial charge in [-0.05, 0) is 74.5 Å². The predicted molar refractivity (Wildman–Crippen MR) is 205 cm³/mol. The molecule has 0 saturated heterocycles. The normalized spacial score (nSPS) is 10.8. The third-order valence-electron chi connectivity index (χ3n) is 8.46. The fourth-order valence-electron chi connectivity index (χ4n) is 6.09. The Balaban J connectivity index is 0.000000167. The van der Waals surface area contributed by atoms with E-state index in [0.717, 1.165) is 39.3 Å². The molecule has 8 rings (SSSR count). The van der Waals surface area contributed by atoms with Gasteiger partial charge in [0.05, 0.1) is 40.9 Å². The molecule has 8 aromatic rings. The molecule has 0 aromatic carbocycles. The number of nitrogen functional groups attached to an aromatic ring is 1. The molecule has 54 heavy (non-hydrogen) atoms. The maximum absolute atomic E-state index is 11.8. The van der Waals surface area contributed by atoms with Gasteiger partial charge in [0, 0.05) is 71.0 Å². The molecule has 0 radical (unpaired) electrons. The summed E-state index contributed by atoms with van der Waals surface area (Å²) in [6, 6.07) is 24.5. The highest BCUT2D eigenvalue weighted by Crippen LogP contribution is 2.37. The van der Waals surface area contributed by atoms with Gasteiger partial charge in [0.1, 0.15) is 28.8 Å². The number of imidazole rings is 2. The molecule has 2 amide bonds. The van der Waals surface area contributed by atoms with Crippen LogP contribution in [-0.4, -0.2) is 50.5 Å². The number of aromatic nitrogens is 8. The number of carbonyl (C=O) groups excluding carboxylic acids is 2. The van der Waals surface area contributed by atoms with Crippen molar-refractivity contribution >= 4 is 34.5 Å². The molecule has 0 atom stereocenters. The summed E-state index contributed by atoms with van der Waals surface area (Å²) in [4.78, 5) is 50.0. The zero-order valence-electron chi connectivity index (χ0n) is 29.4. The minimum absolute atomic E-state index is 0.183. The summed E-state index contributed by atoms with van der Waals surface area (Å²) in [7, 11) is 0. The Kier molecular flexibility index (Phi) is 9.27. The van der Waals surface area contributed by atoms with Gasteiger partial charge in [-0.1, -0.05) is 12.1 Å². The SMILES string of the molecule is CC(=O)Nc1ccnc(-c2cccc(C)n2)c1-c1ccc2ncc(C#N)n2c1.Cc1cccc(-c2nccc(N)c2-c2ccc3ncc(C(N)=O)n3c2)n1. The number of nitrogens with two attached hydrogens (primary N) is 2. The summed E-state index contributed by atoms with van der Waals surface area (Å²) in [5.74, 6) is -0.730. The van der Waals surface area contributed by atoms with E-state index in [1.54, 1.807) is 39.5 Å². The van der Waals surface area contributed by atoms with Crippen LogP contribution in [0.2, 0.25) is 0 Å². The first kappa shape index (κ1) is 34.6. The molecule has 8 aromatic heterocycles. The highest BCUT2D eigenvalue weighted by Gasteiger charge is 2.18. The smallest absolute Gasteiger partial charge is 0.267 e. The first-order valence-corrected chi connectivity index (χ1v) is 16.6. The number of nitriles is 1. The number of aryl methyl sites for hydroxylation is 2. The molecule has 0 aliphatic rings. The average Bonchev–Trinajstić information content (AvgIpc) is 3.78. The third-order valence-corrected chi connectivity index (χ3v) is 8.46. The van der Waals surface area contributed by atoms with Crippen LogP contribution in [0.15, 0.2) is 110 Å². The van der Waals surface area contributed by atoms with Crippen LogP contribution in [0, 0.1) is 25.2 Å². The van der Waals surface area contributed by atoms with Crippen molar-refractivity contribution in [3.05, 3.63) is 133 Å². The molecule has 0 unspecified atom stereocenters. The van der Waals surface area contributed by atoms with Gasteiger partial charge in [0.25, 0.3) is 5.91 Å². The van der Waals surface area contributed by atoms with Crippen molar-refractivity contribution in [2.75, 3.05) is 11.1 Å². The second-order valence-corrected chi connectivity index (χ2v) is 12.3. The fraction of sp³-hybridized carbons (Fsp3) is 0.0750. The Morgan fingerprint density at radius 3 is 1.91 bits per heavy atom. The van der Waals surface area contributed by atoms with E-state index in [1.165, 1.54) is 19.3 Å². The minimum Gasteiger partial charge on any atom is -0.398 e. The minimum atomic E-state index is -0.547. The van der Waals surface area contributed by atoms with Gasteiger partial charge in [0.15, 0.2) is 0 Å². The first-order valence-electron chi connectivity index (χ1n) is 16.6. The van der Waals surface area contributed by atoms with Crippen molar-refractivity contribution in [1.82, 2.24) is 38.7 Å². The van der Waals surface area contributed by atoms with E-state index in [0.29, 0.717) is 51.1 Å². The molecule has 0 bridgehead atoms. The van der Waals surface area contributed by atoms with Crippen molar-refractivity contribution in [3.63, 3.8) is 0 Å². The molecule has 8 heterocycles. The number of carbonyl (C=O) groups is 2. The van der Waals surface area contributed by atoms with E-state index < -0.39 is 5.91 Å². The van der Waals surface area contributed by atoms with Crippen molar-refractivity contribution in [1.29, 1.82) is 5.26 Å². The van der Waals surface area contributed by atoms with Gasteiger partial charge < -0.3 is 16.8 Å². The van der Waals surface area contributed by atoms with Crippen molar-refractivity contribution in [2.24, 2.45) is 5.73 Å². The van der Waals surface area contributed by atoms with E-state index in [-0.39, 0.29) is 5.91 Å². The first-order chi connectivity index (χ1) is 26.1. The van der Waals surface area contributed by atoms with Crippen LogP contribution in [0.1, 0.15) is 34.5 Å². The maximum Gasteiger partial charge on any atom is 0.267 e. The highest BCUT2D eigenvalue weighted by atomic mass is 16.1. The summed E-state index contributed by atoms with van der Waals surface area (Å²) in [5.41, 5.74) is 22.5. The number of rotatable bonds is 6. The average molecular weight is 713 g/mol. The Morgan fingerprint density at radius 1 is 0.722 bits per heavy atom. The number of nitrogens with zero attached hydrogens (tertiary/aromatic N) is 9. The fourth-order valence-corrected chi connectivity index (χ4v) is 6.09. The van der Waals surface area contributed by atoms with Gasteiger partial charge in [0.2, 0.25) is 5.91 Å². The topological polar surface area (TPSA) is 208 Å². The molecule has 14 heteroatoms. The summed E-state index contributed by atoms with van der Waals surface area (Å²) < 4.78 is 3.37. The van der Waals surface area contributed by atoms with E-state index in [9.17, 15) is 14.9 Å². The van der Waals surface area contributed by atoms with Crippen LogP contribution in [-0.2, 0) is 4.79 Å². The van der Waals surface area contributed by atoms with Crippen LogP contribution < -0.4 is 16.8 Å². The third kappa shape index (κ3) is 6.80. The van der Waals surface area contributed by atoms with E-state index in [1.807, 2.05) is 80.7 Å². The molecule has 0 aliphatic carbocycles. The standard InChI is InChI=1S/C21H16N6O.C19H16N6O/c1-13-4-3-5-18(25-13)21-20(17(8-9-23-21)26-14(2)28)15-6-7-19-24-11-16(10-22)27(19)12-15;1-11-3-2-4-14(24-11)18-17(13(20)7-8-22-18)12-5-6-16-23-9-15(19(21)26)25(16)10-12/h3-9,11-12H,1-2H3,(H,23,26,28);2-10H,1H3,(H2,20,22)(H2,21,26). The van der Waals surface area contributed by atoms with Gasteiger partial charge in [-0.2, -0.15) is 5.26 Å². The number of hydrogen-bond acceptors (Lipinski definition) is 10. The molecule has 0 saturated carbocycles. The van der Waals surface area contributed by atoms with Gasteiger partial charge in [-0.3, -0.25) is 38.3 Å². The Morgan fingerprint density at radius 2 is 1.30 bits per heavy atom. The van der Waals surface area contributed by atoms with E-state index in [4.69, 9.17) is 11.5 Å². The van der Waals surface area contributed by atoms with Gasteiger partial charge in [-0.15, -0.1) is 0 Å². The summed E-state index contributed by atoms with van der Waals surface area (Å²) in [6.07, 6.45) is 9.89. The van der Waals surface area contributed by atoms with E-state index >= 15 is 0 Å². The van der Waals surface area contributed by atoms with Crippen LogP contribution in [0.3, 0.4) is 0 Å². The molecule has 0 fully saturated rings. The van der Waals surface area contributed by atoms with Crippen LogP contribution in [0.4, 0.5) is 11.4 Å². The zero-order valence-corrected chi connectivity index (χ0v) is 29.4. The van der Waals surface area contributed by atoms with Crippen molar-refractivity contribution in [3.8, 4) is 51.1 Å². The summed E-state index contributed by atoms with van der Waals surface area (Å²) in [6.45, 7) is 5.30. The Hall–Kier alpha value is -7.79. The quantitative estimate of drug-likeness (QED) is 0.182. The number of hydrogen-bond donors (Lipinski definition) is 3. The Bertz CT molecular complexity index is 2780. The maximum atomic E-state index is 11.8. The van der Waals surface area contributed by atoms with E-state index in [2.05, 4.69) is 41.3 Å². The van der Waals surface area contributed by atoms with Gasteiger partial charge >= 0.3 is 0 Å². The summed E-state index contributed by atoms with van der Waals surface area (Å²) in [5, 5.41) is 12.2. The molecule has 264 valence electrons. The largest absolute Gasteiger partial charge is 0.398 e. The van der Waals surface area contributed by atoms with Crippen LogP contribution in [0.25, 0.3) is 56.3 Å². The monoisotopic (exact) mass is 712 g/mol. The number of amides is 2. The number of pyridine rings is 6. The highest BCUT2D eigenvalue weighted by molar-refractivity contribution is 5.98. The molecule has 0 aliphatic heterocycles.